The number of hydrogen-bond donors (Lipinski definition) is 2. The maximum atomic E-state index is 12.9. The first kappa shape index (κ1) is 19.5. The van der Waals surface area contributed by atoms with E-state index in [1.807, 2.05) is 37.3 Å². The summed E-state index contributed by atoms with van der Waals surface area (Å²) in [4.78, 5) is 0.187. The number of nitrogens with one attached hydrogen (secondary N) is 1. The zero-order valence-electron chi connectivity index (χ0n) is 15.5. The SMILES string of the molecule is Cc1ccc(S(=O)(=O)N[C@@H]2[C@@H](N)[C@@H]3OC[C@@H](O3)[C@H]2OCc2ccccc2)cc1. The van der Waals surface area contributed by atoms with Crippen molar-refractivity contribution in [1.82, 2.24) is 4.72 Å². The van der Waals surface area contributed by atoms with Crippen molar-refractivity contribution >= 4 is 10.0 Å². The molecule has 0 aliphatic carbocycles. The van der Waals surface area contributed by atoms with E-state index in [0.717, 1.165) is 11.1 Å². The molecule has 0 radical (unpaired) electrons. The quantitative estimate of drug-likeness (QED) is 0.753. The summed E-state index contributed by atoms with van der Waals surface area (Å²) in [5.74, 6) is 0. The van der Waals surface area contributed by atoms with Crippen LogP contribution in [-0.2, 0) is 30.8 Å². The molecule has 2 aliphatic rings. The average molecular weight is 404 g/mol. The first-order valence-electron chi connectivity index (χ1n) is 9.21. The van der Waals surface area contributed by atoms with E-state index in [-0.39, 0.29) is 11.0 Å². The van der Waals surface area contributed by atoms with Crippen molar-refractivity contribution in [2.45, 2.75) is 49.0 Å². The number of ether oxygens (including phenoxy) is 3. The van der Waals surface area contributed by atoms with Gasteiger partial charge in [-0.3, -0.25) is 0 Å². The van der Waals surface area contributed by atoms with Gasteiger partial charge >= 0.3 is 0 Å². The van der Waals surface area contributed by atoms with Gasteiger partial charge in [-0.2, -0.15) is 0 Å². The number of benzene rings is 2. The molecular weight excluding hydrogens is 380 g/mol. The summed E-state index contributed by atoms with van der Waals surface area (Å²) in [5.41, 5.74) is 8.24. The lowest BCUT2D eigenvalue weighted by molar-refractivity contribution is -0.159. The number of aryl methyl sites for hydroxylation is 1. The van der Waals surface area contributed by atoms with Crippen molar-refractivity contribution in [2.75, 3.05) is 6.61 Å². The van der Waals surface area contributed by atoms with Gasteiger partial charge in [0.25, 0.3) is 0 Å². The van der Waals surface area contributed by atoms with Gasteiger partial charge in [-0.15, -0.1) is 0 Å². The van der Waals surface area contributed by atoms with Gasteiger partial charge in [-0.1, -0.05) is 48.0 Å². The predicted molar refractivity (Wildman–Crippen MR) is 103 cm³/mol. The van der Waals surface area contributed by atoms with E-state index in [1.54, 1.807) is 24.3 Å². The molecule has 0 aromatic heterocycles. The number of sulfonamides is 1. The van der Waals surface area contributed by atoms with Crippen LogP contribution in [0.3, 0.4) is 0 Å². The zero-order valence-corrected chi connectivity index (χ0v) is 16.3. The Hall–Kier alpha value is -1.81. The molecule has 150 valence electrons. The molecule has 0 spiro atoms. The molecule has 0 unspecified atom stereocenters. The maximum Gasteiger partial charge on any atom is 0.240 e. The molecule has 28 heavy (non-hydrogen) atoms. The summed E-state index contributed by atoms with van der Waals surface area (Å²) in [6.07, 6.45) is -1.58. The maximum absolute atomic E-state index is 12.9. The van der Waals surface area contributed by atoms with Crippen molar-refractivity contribution < 1.29 is 22.6 Å². The van der Waals surface area contributed by atoms with Gasteiger partial charge in [0, 0.05) is 0 Å². The highest BCUT2D eigenvalue weighted by atomic mass is 32.2. The van der Waals surface area contributed by atoms with Crippen molar-refractivity contribution in [3.63, 3.8) is 0 Å². The summed E-state index contributed by atoms with van der Waals surface area (Å²) in [5, 5.41) is 0. The van der Waals surface area contributed by atoms with Crippen LogP contribution in [0.5, 0.6) is 0 Å². The number of hydrogen-bond acceptors (Lipinski definition) is 6. The second-order valence-corrected chi connectivity index (χ2v) is 8.89. The molecule has 7 nitrogen and oxygen atoms in total. The number of rotatable bonds is 6. The molecule has 0 saturated carbocycles. The second kappa shape index (κ2) is 7.90. The van der Waals surface area contributed by atoms with E-state index in [0.29, 0.717) is 13.2 Å². The van der Waals surface area contributed by atoms with Crippen LogP contribution in [-0.4, -0.2) is 45.6 Å². The summed E-state index contributed by atoms with van der Waals surface area (Å²) < 4.78 is 46.0. The molecule has 2 bridgehead atoms. The summed E-state index contributed by atoms with van der Waals surface area (Å²) in [6.45, 7) is 2.55. The van der Waals surface area contributed by atoms with Gasteiger partial charge in [-0.05, 0) is 24.6 Å². The van der Waals surface area contributed by atoms with Crippen LogP contribution in [0, 0.1) is 6.92 Å². The third kappa shape index (κ3) is 3.98. The van der Waals surface area contributed by atoms with Gasteiger partial charge in [0.15, 0.2) is 6.29 Å². The molecule has 0 amide bonds. The van der Waals surface area contributed by atoms with Gasteiger partial charge in [0.05, 0.1) is 30.2 Å². The standard InChI is InChI=1S/C20H24N2O5S/c1-13-7-9-15(10-8-13)28(23,24)22-18-17(21)20-26-12-16(27-20)19(18)25-11-14-5-3-2-4-6-14/h2-10,16-20,22H,11-12,21H2,1H3/t16-,17-,18-,19-,20-/m1/s1. The van der Waals surface area contributed by atoms with Crippen molar-refractivity contribution in [3.8, 4) is 0 Å². The topological polar surface area (TPSA) is 99.9 Å². The minimum atomic E-state index is -3.77. The summed E-state index contributed by atoms with van der Waals surface area (Å²) >= 11 is 0. The lowest BCUT2D eigenvalue weighted by Crippen LogP contribution is -2.64. The Morgan fingerprint density at radius 1 is 1.14 bits per heavy atom. The first-order chi connectivity index (χ1) is 13.4. The van der Waals surface area contributed by atoms with E-state index >= 15 is 0 Å². The number of fused-ring (bicyclic) bond motifs is 2. The third-order valence-electron chi connectivity index (χ3n) is 5.09. The first-order valence-corrected chi connectivity index (χ1v) is 10.7. The third-order valence-corrected chi connectivity index (χ3v) is 6.57. The van der Waals surface area contributed by atoms with Crippen molar-refractivity contribution in [1.29, 1.82) is 0 Å². The van der Waals surface area contributed by atoms with E-state index in [9.17, 15) is 8.42 Å². The van der Waals surface area contributed by atoms with Crippen LogP contribution >= 0.6 is 0 Å². The molecule has 2 saturated heterocycles. The van der Waals surface area contributed by atoms with E-state index < -0.39 is 34.5 Å². The minimum absolute atomic E-state index is 0.187. The van der Waals surface area contributed by atoms with Crippen LogP contribution in [0.4, 0.5) is 0 Å². The molecule has 5 atom stereocenters. The Kier molecular flexibility index (Phi) is 5.50. The number of nitrogens with two attached hydrogens (primary N) is 1. The Morgan fingerprint density at radius 3 is 2.57 bits per heavy atom. The van der Waals surface area contributed by atoms with Gasteiger partial charge < -0.3 is 19.9 Å². The molecule has 2 aromatic rings. The lowest BCUT2D eigenvalue weighted by atomic mass is 9.97. The van der Waals surface area contributed by atoms with E-state index in [4.69, 9.17) is 19.9 Å². The monoisotopic (exact) mass is 404 g/mol. The normalized spacial score (nSPS) is 29.7. The summed E-state index contributed by atoms with van der Waals surface area (Å²) in [7, 11) is -3.77. The van der Waals surface area contributed by atoms with Crippen LogP contribution in [0.1, 0.15) is 11.1 Å². The molecule has 2 fully saturated rings. The largest absolute Gasteiger partial charge is 0.369 e. The Balaban J connectivity index is 1.55. The predicted octanol–water partition coefficient (Wildman–Crippen LogP) is 1.31. The smallest absolute Gasteiger partial charge is 0.240 e. The molecule has 4 rings (SSSR count). The Labute approximate surface area is 164 Å². The molecular formula is C20H24N2O5S. The highest BCUT2D eigenvalue weighted by molar-refractivity contribution is 7.89. The fraction of sp³-hybridized carbons (Fsp3) is 0.400. The molecule has 2 heterocycles. The minimum Gasteiger partial charge on any atom is -0.369 e. The lowest BCUT2D eigenvalue weighted by Gasteiger charge is -2.39. The molecule has 3 N–H and O–H groups in total. The molecule has 2 aromatic carbocycles. The van der Waals surface area contributed by atoms with Crippen molar-refractivity contribution in [2.24, 2.45) is 5.73 Å². The van der Waals surface area contributed by atoms with Gasteiger partial charge in [0.2, 0.25) is 10.0 Å². The van der Waals surface area contributed by atoms with Gasteiger partial charge in [0.1, 0.15) is 12.2 Å². The fourth-order valence-electron chi connectivity index (χ4n) is 3.52. The van der Waals surface area contributed by atoms with E-state index in [2.05, 4.69) is 4.72 Å². The van der Waals surface area contributed by atoms with Crippen LogP contribution in [0.15, 0.2) is 59.5 Å². The zero-order chi connectivity index (χ0) is 19.7. The second-order valence-electron chi connectivity index (χ2n) is 7.17. The average Bonchev–Trinajstić information content (AvgIpc) is 3.13. The van der Waals surface area contributed by atoms with Crippen LogP contribution < -0.4 is 10.5 Å². The van der Waals surface area contributed by atoms with Crippen LogP contribution in [0.2, 0.25) is 0 Å². The highest BCUT2D eigenvalue weighted by Crippen LogP contribution is 2.30. The Morgan fingerprint density at radius 2 is 1.86 bits per heavy atom. The van der Waals surface area contributed by atoms with Gasteiger partial charge in [-0.25, -0.2) is 13.1 Å². The summed E-state index contributed by atoms with van der Waals surface area (Å²) in [6, 6.07) is 15.0. The van der Waals surface area contributed by atoms with Crippen molar-refractivity contribution in [3.05, 3.63) is 65.7 Å². The van der Waals surface area contributed by atoms with E-state index in [1.165, 1.54) is 0 Å². The highest BCUT2D eigenvalue weighted by Gasteiger charge is 2.51. The molecule has 8 heteroatoms. The van der Waals surface area contributed by atoms with Crippen LogP contribution in [0.25, 0.3) is 0 Å². The Bertz CT molecular complexity index is 904. The molecule has 2 aliphatic heterocycles. The fourth-order valence-corrected chi connectivity index (χ4v) is 4.80.